The summed E-state index contributed by atoms with van der Waals surface area (Å²) in [5, 5.41) is 3.94. The molecule has 1 fully saturated rings. The minimum Gasteiger partial charge on any atom is -0.462 e. The Kier molecular flexibility index (Phi) is 7.58. The molecule has 1 saturated carbocycles. The Labute approximate surface area is 177 Å². The quantitative estimate of drug-likeness (QED) is 0.497. The molecule has 0 radical (unpaired) electrons. The second-order valence-electron chi connectivity index (χ2n) is 7.27. The predicted octanol–water partition coefficient (Wildman–Crippen LogP) is 5.53. The fraction of sp³-hybridized carbons (Fsp3) is 0.391. The van der Waals surface area contributed by atoms with Crippen molar-refractivity contribution < 1.29 is 13.9 Å². The number of ether oxygens (including phenoxy) is 1. The molecule has 0 unspecified atom stereocenters. The molecular formula is C23H27FN2O2S. The first-order chi connectivity index (χ1) is 14.1. The molecule has 2 aromatic carbocycles. The van der Waals surface area contributed by atoms with Gasteiger partial charge in [-0.25, -0.2) is 9.18 Å². The summed E-state index contributed by atoms with van der Waals surface area (Å²) in [5.41, 5.74) is 2.36. The van der Waals surface area contributed by atoms with Crippen LogP contribution in [0.15, 0.2) is 48.5 Å². The van der Waals surface area contributed by atoms with Crippen molar-refractivity contribution in [2.24, 2.45) is 0 Å². The summed E-state index contributed by atoms with van der Waals surface area (Å²) in [7, 11) is 0. The Morgan fingerprint density at radius 1 is 1.10 bits per heavy atom. The lowest BCUT2D eigenvalue weighted by Gasteiger charge is -2.36. The van der Waals surface area contributed by atoms with Crippen LogP contribution < -0.4 is 5.32 Å². The minimum atomic E-state index is -0.332. The highest BCUT2D eigenvalue weighted by molar-refractivity contribution is 7.80. The largest absolute Gasteiger partial charge is 0.462 e. The number of halogens is 1. The lowest BCUT2D eigenvalue weighted by molar-refractivity contribution is 0.0526. The molecule has 1 aliphatic rings. The van der Waals surface area contributed by atoms with Crippen LogP contribution in [0.25, 0.3) is 0 Å². The average molecular weight is 415 g/mol. The van der Waals surface area contributed by atoms with Crippen molar-refractivity contribution in [1.82, 2.24) is 4.90 Å². The molecule has 0 bridgehead atoms. The van der Waals surface area contributed by atoms with Gasteiger partial charge in [0.05, 0.1) is 12.2 Å². The van der Waals surface area contributed by atoms with Crippen LogP contribution in [0.1, 0.15) is 54.9 Å². The number of carbonyl (C=O) groups is 1. The minimum absolute atomic E-state index is 0.236. The zero-order chi connectivity index (χ0) is 20.6. The van der Waals surface area contributed by atoms with Gasteiger partial charge in [0.2, 0.25) is 0 Å². The van der Waals surface area contributed by atoms with Gasteiger partial charge < -0.3 is 15.0 Å². The van der Waals surface area contributed by atoms with Gasteiger partial charge in [-0.1, -0.05) is 31.4 Å². The van der Waals surface area contributed by atoms with Crippen LogP contribution in [-0.2, 0) is 11.3 Å². The molecule has 0 atom stereocenters. The van der Waals surface area contributed by atoms with Crippen LogP contribution in [0.5, 0.6) is 0 Å². The van der Waals surface area contributed by atoms with Crippen molar-refractivity contribution in [1.29, 1.82) is 0 Å². The van der Waals surface area contributed by atoms with Crippen LogP contribution in [0.4, 0.5) is 10.1 Å². The number of esters is 1. The predicted molar refractivity (Wildman–Crippen MR) is 117 cm³/mol. The Morgan fingerprint density at radius 3 is 2.38 bits per heavy atom. The third-order valence-corrected chi connectivity index (χ3v) is 5.53. The lowest BCUT2D eigenvalue weighted by atomic mass is 9.94. The second-order valence-corrected chi connectivity index (χ2v) is 7.66. The van der Waals surface area contributed by atoms with Crippen LogP contribution in [-0.4, -0.2) is 28.6 Å². The molecule has 2 aromatic rings. The van der Waals surface area contributed by atoms with E-state index in [2.05, 4.69) is 10.2 Å². The standard InChI is InChI=1S/C23H27FN2O2S/c1-2-28-22(27)18-10-14-20(15-11-18)25-23(29)26(21-6-4-3-5-7-21)16-17-8-12-19(24)13-9-17/h8-15,21H,2-7,16H2,1H3,(H,25,29). The molecule has 0 amide bonds. The van der Waals surface area contributed by atoms with E-state index in [-0.39, 0.29) is 11.8 Å². The Hall–Kier alpha value is -2.47. The van der Waals surface area contributed by atoms with E-state index >= 15 is 0 Å². The van der Waals surface area contributed by atoms with Gasteiger partial charge in [0.25, 0.3) is 0 Å². The molecule has 154 valence electrons. The first kappa shape index (κ1) is 21.2. The van der Waals surface area contributed by atoms with E-state index in [1.54, 1.807) is 19.1 Å². The molecule has 6 heteroatoms. The number of rotatable bonds is 6. The first-order valence-electron chi connectivity index (χ1n) is 10.2. The van der Waals surface area contributed by atoms with E-state index in [4.69, 9.17) is 17.0 Å². The van der Waals surface area contributed by atoms with Crippen molar-refractivity contribution in [3.05, 3.63) is 65.5 Å². The molecule has 29 heavy (non-hydrogen) atoms. The van der Waals surface area contributed by atoms with Gasteiger partial charge >= 0.3 is 5.97 Å². The maximum absolute atomic E-state index is 13.3. The molecular weight excluding hydrogens is 387 g/mol. The molecule has 0 saturated heterocycles. The number of anilines is 1. The summed E-state index contributed by atoms with van der Waals surface area (Å²) < 4.78 is 18.3. The van der Waals surface area contributed by atoms with E-state index < -0.39 is 0 Å². The average Bonchev–Trinajstić information content (AvgIpc) is 2.74. The smallest absolute Gasteiger partial charge is 0.338 e. The Morgan fingerprint density at radius 2 is 1.76 bits per heavy atom. The summed E-state index contributed by atoms with van der Waals surface area (Å²) in [6, 6.07) is 14.1. The topological polar surface area (TPSA) is 41.6 Å². The van der Waals surface area contributed by atoms with Crippen molar-refractivity contribution in [3.8, 4) is 0 Å². The number of carbonyl (C=O) groups excluding carboxylic acids is 1. The normalized spacial score (nSPS) is 14.3. The fourth-order valence-electron chi connectivity index (χ4n) is 3.65. The van der Waals surface area contributed by atoms with E-state index in [1.807, 2.05) is 24.3 Å². The molecule has 0 aliphatic heterocycles. The maximum Gasteiger partial charge on any atom is 0.338 e. The zero-order valence-electron chi connectivity index (χ0n) is 16.7. The number of hydrogen-bond donors (Lipinski definition) is 1. The number of thiocarbonyl (C=S) groups is 1. The summed E-state index contributed by atoms with van der Waals surface area (Å²) in [6.07, 6.45) is 5.86. The van der Waals surface area contributed by atoms with E-state index in [0.717, 1.165) is 24.1 Å². The number of hydrogen-bond acceptors (Lipinski definition) is 3. The molecule has 1 aliphatic carbocycles. The van der Waals surface area contributed by atoms with Crippen LogP contribution >= 0.6 is 12.2 Å². The molecule has 3 rings (SSSR count). The summed E-state index contributed by atoms with van der Waals surface area (Å²) in [4.78, 5) is 14.0. The van der Waals surface area contributed by atoms with Crippen molar-refractivity contribution >= 4 is 29.0 Å². The van der Waals surface area contributed by atoms with Gasteiger partial charge in [-0.05, 0) is 73.9 Å². The Balaban J connectivity index is 1.71. The number of nitrogens with one attached hydrogen (secondary N) is 1. The first-order valence-corrected chi connectivity index (χ1v) is 10.6. The van der Waals surface area contributed by atoms with Crippen molar-refractivity contribution in [3.63, 3.8) is 0 Å². The number of benzene rings is 2. The van der Waals surface area contributed by atoms with Gasteiger partial charge in [-0.15, -0.1) is 0 Å². The van der Waals surface area contributed by atoms with Gasteiger partial charge in [0, 0.05) is 18.3 Å². The maximum atomic E-state index is 13.3. The highest BCUT2D eigenvalue weighted by Crippen LogP contribution is 2.25. The zero-order valence-corrected chi connectivity index (χ0v) is 17.5. The molecule has 0 spiro atoms. The number of nitrogens with zero attached hydrogens (tertiary/aromatic N) is 1. The highest BCUT2D eigenvalue weighted by Gasteiger charge is 2.23. The molecule has 1 N–H and O–H groups in total. The third kappa shape index (κ3) is 6.00. The van der Waals surface area contributed by atoms with Crippen molar-refractivity contribution in [2.45, 2.75) is 51.6 Å². The van der Waals surface area contributed by atoms with Crippen LogP contribution in [0.2, 0.25) is 0 Å². The molecule has 0 heterocycles. The monoisotopic (exact) mass is 414 g/mol. The van der Waals surface area contributed by atoms with Gasteiger partial charge in [-0.3, -0.25) is 0 Å². The second kappa shape index (κ2) is 10.3. The van der Waals surface area contributed by atoms with Gasteiger partial charge in [0.1, 0.15) is 5.82 Å². The summed E-state index contributed by atoms with van der Waals surface area (Å²) in [6.45, 7) is 2.77. The third-order valence-electron chi connectivity index (χ3n) is 5.19. The summed E-state index contributed by atoms with van der Waals surface area (Å²) >= 11 is 5.74. The summed E-state index contributed by atoms with van der Waals surface area (Å²) in [5.74, 6) is -0.567. The van der Waals surface area contributed by atoms with Gasteiger partial charge in [-0.2, -0.15) is 0 Å². The lowest BCUT2D eigenvalue weighted by Crippen LogP contribution is -2.43. The van der Waals surface area contributed by atoms with Crippen LogP contribution in [0.3, 0.4) is 0 Å². The molecule has 4 nitrogen and oxygen atoms in total. The molecule has 0 aromatic heterocycles. The van der Waals surface area contributed by atoms with Crippen molar-refractivity contribution in [2.75, 3.05) is 11.9 Å². The van der Waals surface area contributed by atoms with Gasteiger partial charge in [0.15, 0.2) is 5.11 Å². The van der Waals surface area contributed by atoms with E-state index in [1.165, 1.54) is 31.4 Å². The highest BCUT2D eigenvalue weighted by atomic mass is 32.1. The van der Waals surface area contributed by atoms with E-state index in [0.29, 0.717) is 29.9 Å². The van der Waals surface area contributed by atoms with E-state index in [9.17, 15) is 9.18 Å². The van der Waals surface area contributed by atoms with Crippen LogP contribution in [0, 0.1) is 5.82 Å². The SMILES string of the molecule is CCOC(=O)c1ccc(NC(=S)N(Cc2ccc(F)cc2)C2CCCCC2)cc1. The fourth-order valence-corrected chi connectivity index (χ4v) is 3.98. The Bertz CT molecular complexity index is 818.